The molecule has 1 atom stereocenters. The Hall–Kier alpha value is -1.61. The fourth-order valence-electron chi connectivity index (χ4n) is 1.80. The Morgan fingerprint density at radius 1 is 1.39 bits per heavy atom. The summed E-state index contributed by atoms with van der Waals surface area (Å²) in [5.74, 6) is -0.399. The molecule has 0 spiro atoms. The van der Waals surface area contributed by atoms with Gasteiger partial charge in [-0.3, -0.25) is 4.79 Å². The first-order valence-electron chi connectivity index (χ1n) is 6.13. The number of benzene rings is 1. The highest BCUT2D eigenvalue weighted by molar-refractivity contribution is 5.71. The summed E-state index contributed by atoms with van der Waals surface area (Å²) in [5.41, 5.74) is -0.130. The lowest BCUT2D eigenvalue weighted by molar-refractivity contribution is -0.144. The van der Waals surface area contributed by atoms with Crippen LogP contribution in [-0.2, 0) is 9.53 Å². The summed E-state index contributed by atoms with van der Waals surface area (Å²) in [7, 11) is 1.33. The zero-order chi connectivity index (χ0) is 13.4. The largest absolute Gasteiger partial charge is 0.469 e. The molecule has 0 aliphatic carbocycles. The molecule has 0 bridgehead atoms. The molecular weight excluding hydrogens is 228 g/mol. The Morgan fingerprint density at radius 3 is 2.61 bits per heavy atom. The summed E-state index contributed by atoms with van der Waals surface area (Å²) in [6.45, 7) is 1.97. The van der Waals surface area contributed by atoms with E-state index in [2.05, 4.69) is 4.74 Å². The second-order valence-corrected chi connectivity index (χ2v) is 4.35. The van der Waals surface area contributed by atoms with Crippen LogP contribution in [0.25, 0.3) is 6.08 Å². The summed E-state index contributed by atoms with van der Waals surface area (Å²) in [4.78, 5) is 11.3. The van der Waals surface area contributed by atoms with Gasteiger partial charge < -0.3 is 9.84 Å². The molecule has 1 rings (SSSR count). The van der Waals surface area contributed by atoms with E-state index >= 15 is 0 Å². The van der Waals surface area contributed by atoms with Crippen molar-refractivity contribution in [1.29, 1.82) is 0 Å². The molecule has 1 N–H and O–H groups in total. The fourth-order valence-corrected chi connectivity index (χ4v) is 1.80. The minimum atomic E-state index is -1.13. The van der Waals surface area contributed by atoms with E-state index in [0.717, 1.165) is 12.0 Å². The van der Waals surface area contributed by atoms with Gasteiger partial charge in [0, 0.05) is 0 Å². The van der Waals surface area contributed by atoms with Crippen LogP contribution in [0.2, 0.25) is 0 Å². The smallest absolute Gasteiger partial charge is 0.308 e. The highest BCUT2D eigenvalue weighted by Crippen LogP contribution is 2.21. The standard InChI is InChI=1S/C15H20O3/c1-3-10-15(17,12-14(16)18-2)11-9-13-7-5-4-6-8-13/h4-9,11,17H,3,10,12H2,1-2H3/b11-9+/t15-/m0/s1. The van der Waals surface area contributed by atoms with Gasteiger partial charge in [-0.2, -0.15) is 0 Å². The van der Waals surface area contributed by atoms with Gasteiger partial charge in [-0.15, -0.1) is 0 Å². The maximum atomic E-state index is 11.3. The number of esters is 1. The Labute approximate surface area is 108 Å². The molecule has 0 amide bonds. The van der Waals surface area contributed by atoms with Crippen molar-refractivity contribution in [3.63, 3.8) is 0 Å². The number of rotatable bonds is 6. The average molecular weight is 248 g/mol. The van der Waals surface area contributed by atoms with Gasteiger partial charge in [0.25, 0.3) is 0 Å². The molecule has 0 aliphatic rings. The van der Waals surface area contributed by atoms with Crippen molar-refractivity contribution in [1.82, 2.24) is 0 Å². The Kier molecular flexibility index (Phi) is 5.59. The van der Waals surface area contributed by atoms with Crippen molar-refractivity contribution in [2.75, 3.05) is 7.11 Å². The van der Waals surface area contributed by atoms with Gasteiger partial charge in [0.15, 0.2) is 0 Å². The van der Waals surface area contributed by atoms with Crippen molar-refractivity contribution >= 4 is 12.0 Å². The third-order valence-electron chi connectivity index (χ3n) is 2.75. The summed E-state index contributed by atoms with van der Waals surface area (Å²) in [6.07, 6.45) is 4.83. The first kappa shape index (κ1) is 14.5. The fraction of sp³-hybridized carbons (Fsp3) is 0.400. The van der Waals surface area contributed by atoms with E-state index in [1.165, 1.54) is 7.11 Å². The quantitative estimate of drug-likeness (QED) is 0.787. The minimum Gasteiger partial charge on any atom is -0.469 e. The Morgan fingerprint density at radius 2 is 2.06 bits per heavy atom. The number of carbonyl (C=O) groups excluding carboxylic acids is 1. The van der Waals surface area contributed by atoms with Crippen molar-refractivity contribution in [3.8, 4) is 0 Å². The summed E-state index contributed by atoms with van der Waals surface area (Å²) in [6, 6.07) is 9.68. The molecule has 3 nitrogen and oxygen atoms in total. The van der Waals surface area contributed by atoms with Crippen LogP contribution in [0.5, 0.6) is 0 Å². The monoisotopic (exact) mass is 248 g/mol. The van der Waals surface area contributed by atoms with E-state index in [1.54, 1.807) is 6.08 Å². The lowest BCUT2D eigenvalue weighted by Gasteiger charge is -2.22. The van der Waals surface area contributed by atoms with E-state index in [-0.39, 0.29) is 6.42 Å². The van der Waals surface area contributed by atoms with E-state index in [0.29, 0.717) is 6.42 Å². The Bertz CT molecular complexity index is 397. The maximum absolute atomic E-state index is 11.3. The van der Waals surface area contributed by atoms with Gasteiger partial charge in [0.2, 0.25) is 0 Å². The van der Waals surface area contributed by atoms with E-state index in [9.17, 15) is 9.90 Å². The number of hydrogen-bond acceptors (Lipinski definition) is 3. The van der Waals surface area contributed by atoms with Crippen LogP contribution in [0.3, 0.4) is 0 Å². The van der Waals surface area contributed by atoms with Gasteiger partial charge >= 0.3 is 5.97 Å². The van der Waals surface area contributed by atoms with Crippen molar-refractivity contribution < 1.29 is 14.6 Å². The van der Waals surface area contributed by atoms with Crippen LogP contribution < -0.4 is 0 Å². The van der Waals surface area contributed by atoms with E-state index in [4.69, 9.17) is 0 Å². The summed E-state index contributed by atoms with van der Waals surface area (Å²) in [5, 5.41) is 10.4. The van der Waals surface area contributed by atoms with Crippen molar-refractivity contribution in [2.45, 2.75) is 31.8 Å². The van der Waals surface area contributed by atoms with Crippen molar-refractivity contribution in [3.05, 3.63) is 42.0 Å². The first-order valence-corrected chi connectivity index (χ1v) is 6.13. The second-order valence-electron chi connectivity index (χ2n) is 4.35. The molecule has 98 valence electrons. The molecule has 1 aromatic rings. The lowest BCUT2D eigenvalue weighted by Crippen LogP contribution is -2.29. The molecule has 0 fully saturated rings. The van der Waals surface area contributed by atoms with Crippen molar-refractivity contribution in [2.24, 2.45) is 0 Å². The molecule has 0 heterocycles. The molecule has 0 saturated carbocycles. The van der Waals surface area contributed by atoms with Crippen LogP contribution in [0.15, 0.2) is 36.4 Å². The first-order chi connectivity index (χ1) is 8.59. The van der Waals surface area contributed by atoms with E-state index in [1.807, 2.05) is 43.3 Å². The van der Waals surface area contributed by atoms with E-state index < -0.39 is 11.6 Å². The van der Waals surface area contributed by atoms with Crippen LogP contribution in [0.1, 0.15) is 31.7 Å². The van der Waals surface area contributed by atoms with Crippen LogP contribution in [0, 0.1) is 0 Å². The molecule has 0 saturated heterocycles. The number of carbonyl (C=O) groups is 1. The lowest BCUT2D eigenvalue weighted by atomic mass is 9.93. The van der Waals surface area contributed by atoms with Gasteiger partial charge in [0.05, 0.1) is 19.1 Å². The topological polar surface area (TPSA) is 46.5 Å². The van der Waals surface area contributed by atoms with Crippen LogP contribution in [0.4, 0.5) is 0 Å². The zero-order valence-electron chi connectivity index (χ0n) is 10.9. The minimum absolute atomic E-state index is 0.0132. The second kappa shape index (κ2) is 6.97. The summed E-state index contributed by atoms with van der Waals surface area (Å²) < 4.78 is 4.61. The summed E-state index contributed by atoms with van der Waals surface area (Å²) >= 11 is 0. The molecule has 0 unspecified atom stereocenters. The third kappa shape index (κ3) is 4.72. The predicted octanol–water partition coefficient (Wildman–Crippen LogP) is 2.79. The molecule has 1 aromatic carbocycles. The van der Waals surface area contributed by atoms with Crippen LogP contribution in [-0.4, -0.2) is 23.8 Å². The van der Waals surface area contributed by atoms with Gasteiger partial charge in [-0.25, -0.2) is 0 Å². The third-order valence-corrected chi connectivity index (χ3v) is 2.75. The van der Waals surface area contributed by atoms with Gasteiger partial charge in [-0.1, -0.05) is 55.8 Å². The zero-order valence-corrected chi connectivity index (χ0v) is 10.9. The SMILES string of the molecule is CCC[C@](O)(/C=C/c1ccccc1)CC(=O)OC. The normalized spacial score (nSPS) is 14.4. The molecule has 3 heteroatoms. The molecular formula is C15H20O3. The average Bonchev–Trinajstić information content (AvgIpc) is 2.38. The van der Waals surface area contributed by atoms with Gasteiger partial charge in [-0.05, 0) is 12.0 Å². The molecule has 0 aromatic heterocycles. The molecule has 0 radical (unpaired) electrons. The molecule has 18 heavy (non-hydrogen) atoms. The number of hydrogen-bond donors (Lipinski definition) is 1. The number of aliphatic hydroxyl groups is 1. The highest BCUT2D eigenvalue weighted by Gasteiger charge is 2.26. The number of ether oxygens (including phenoxy) is 1. The Balaban J connectivity index is 2.78. The number of methoxy groups -OCH3 is 1. The molecule has 0 aliphatic heterocycles. The highest BCUT2D eigenvalue weighted by atomic mass is 16.5. The van der Waals surface area contributed by atoms with Gasteiger partial charge in [0.1, 0.15) is 0 Å². The predicted molar refractivity (Wildman–Crippen MR) is 72.0 cm³/mol. The maximum Gasteiger partial charge on any atom is 0.308 e. The van der Waals surface area contributed by atoms with Crippen LogP contribution >= 0.6 is 0 Å².